The van der Waals surface area contributed by atoms with E-state index in [2.05, 4.69) is 21.3 Å². The van der Waals surface area contributed by atoms with Crippen molar-refractivity contribution in [3.63, 3.8) is 0 Å². The molecule has 8 nitrogen and oxygen atoms in total. The van der Waals surface area contributed by atoms with E-state index in [1.54, 1.807) is 25.3 Å². The van der Waals surface area contributed by atoms with E-state index < -0.39 is 11.2 Å². The minimum Gasteiger partial charge on any atom is -0.497 e. The van der Waals surface area contributed by atoms with Crippen molar-refractivity contribution in [3.8, 4) is 11.6 Å². The largest absolute Gasteiger partial charge is 0.497 e. The molecule has 0 saturated carbocycles. The topological polar surface area (TPSA) is 98.0 Å². The molecule has 3 fully saturated rings. The summed E-state index contributed by atoms with van der Waals surface area (Å²) in [5.74, 6) is 1.43. The normalized spacial score (nSPS) is 27.4. The summed E-state index contributed by atoms with van der Waals surface area (Å²) in [4.78, 5) is 21.9. The quantitative estimate of drug-likeness (QED) is 0.464. The number of ether oxygens (including phenoxy) is 1. The molecule has 1 N–H and O–H groups in total. The lowest BCUT2D eigenvalue weighted by Gasteiger charge is -2.50. The van der Waals surface area contributed by atoms with Crippen LogP contribution in [0.1, 0.15) is 24.5 Å². The van der Waals surface area contributed by atoms with E-state index in [1.807, 2.05) is 6.08 Å². The predicted octanol–water partition coefficient (Wildman–Crippen LogP) is 2.74. The van der Waals surface area contributed by atoms with Crippen LogP contribution in [0.4, 0.5) is 0 Å². The predicted molar refractivity (Wildman–Crippen MR) is 103 cm³/mol. The van der Waals surface area contributed by atoms with Gasteiger partial charge in [-0.2, -0.15) is 0 Å². The average Bonchev–Trinajstić information content (AvgIpc) is 2.72. The number of pyridine rings is 1. The Kier molecular flexibility index (Phi) is 4.91. The lowest BCUT2D eigenvalue weighted by Crippen LogP contribution is -2.54. The van der Waals surface area contributed by atoms with Gasteiger partial charge >= 0.3 is 5.09 Å². The Labute approximate surface area is 162 Å². The zero-order valence-electron chi connectivity index (χ0n) is 15.7. The molecule has 28 heavy (non-hydrogen) atoms. The highest BCUT2D eigenvalue weighted by atomic mass is 17.0. The number of benzene rings is 1. The van der Waals surface area contributed by atoms with E-state index in [4.69, 9.17) is 4.74 Å². The van der Waals surface area contributed by atoms with Crippen molar-refractivity contribution in [1.82, 2.24) is 9.88 Å². The summed E-state index contributed by atoms with van der Waals surface area (Å²) >= 11 is 0. The van der Waals surface area contributed by atoms with Crippen molar-refractivity contribution >= 4 is 10.9 Å². The SMILES string of the molecule is C=C[C@H]1CN2CC[C@H]1C[C@@H]2[C@@H](O)c1cc(O[N+](=O)[O-])nc2ccc(OC)cc12. The average molecular weight is 385 g/mol. The third kappa shape index (κ3) is 3.29. The fraction of sp³-hybridized carbons (Fsp3) is 0.450. The van der Waals surface area contributed by atoms with Crippen molar-refractivity contribution in [3.05, 3.63) is 52.6 Å². The molecule has 0 radical (unpaired) electrons. The van der Waals surface area contributed by atoms with E-state index in [9.17, 15) is 15.2 Å². The van der Waals surface area contributed by atoms with Gasteiger partial charge in [-0.1, -0.05) is 6.08 Å². The Bertz CT molecular complexity index is 918. The fourth-order valence-electron chi connectivity index (χ4n) is 4.61. The molecule has 5 rings (SSSR count). The summed E-state index contributed by atoms with van der Waals surface area (Å²) in [6, 6.07) is 6.62. The van der Waals surface area contributed by atoms with Crippen LogP contribution < -0.4 is 9.57 Å². The molecule has 1 aromatic heterocycles. The molecule has 5 atom stereocenters. The minimum atomic E-state index is -0.894. The van der Waals surface area contributed by atoms with Crippen molar-refractivity contribution in [1.29, 1.82) is 0 Å². The van der Waals surface area contributed by atoms with Gasteiger partial charge in [-0.05, 0) is 61.1 Å². The third-order valence-electron chi connectivity index (χ3n) is 6.03. The summed E-state index contributed by atoms with van der Waals surface area (Å²) in [5, 5.41) is 21.9. The smallest absolute Gasteiger partial charge is 0.301 e. The first-order chi connectivity index (χ1) is 13.5. The lowest BCUT2D eigenvalue weighted by molar-refractivity contribution is -0.712. The first-order valence-electron chi connectivity index (χ1n) is 9.36. The number of hydrogen-bond acceptors (Lipinski definition) is 7. The summed E-state index contributed by atoms with van der Waals surface area (Å²) in [6.07, 6.45) is 3.15. The molecule has 0 amide bonds. The molecule has 2 aromatic rings. The Morgan fingerprint density at radius 3 is 2.93 bits per heavy atom. The summed E-state index contributed by atoms with van der Waals surface area (Å²) in [7, 11) is 1.57. The summed E-state index contributed by atoms with van der Waals surface area (Å²) < 4.78 is 5.30. The van der Waals surface area contributed by atoms with Crippen LogP contribution >= 0.6 is 0 Å². The van der Waals surface area contributed by atoms with Gasteiger partial charge in [0.15, 0.2) is 0 Å². The molecule has 2 bridgehead atoms. The maximum atomic E-state index is 11.3. The molecule has 4 heterocycles. The van der Waals surface area contributed by atoms with Crippen molar-refractivity contribution in [2.45, 2.75) is 25.0 Å². The van der Waals surface area contributed by atoms with Crippen LogP contribution in [0.25, 0.3) is 10.9 Å². The molecule has 148 valence electrons. The third-order valence-corrected chi connectivity index (χ3v) is 6.03. The second kappa shape index (κ2) is 7.37. The van der Waals surface area contributed by atoms with Gasteiger partial charge in [0.1, 0.15) is 5.75 Å². The van der Waals surface area contributed by atoms with Crippen LogP contribution in [0.5, 0.6) is 11.6 Å². The van der Waals surface area contributed by atoms with Gasteiger partial charge in [0.2, 0.25) is 5.88 Å². The van der Waals surface area contributed by atoms with Crippen molar-refractivity contribution in [2.24, 2.45) is 11.8 Å². The number of aliphatic hydroxyl groups excluding tert-OH is 1. The Hall–Kier alpha value is -2.71. The molecule has 3 saturated heterocycles. The number of aromatic nitrogens is 1. The van der Waals surface area contributed by atoms with Gasteiger partial charge in [0.25, 0.3) is 0 Å². The van der Waals surface area contributed by atoms with Gasteiger partial charge in [-0.15, -0.1) is 16.7 Å². The highest BCUT2D eigenvalue weighted by molar-refractivity contribution is 5.84. The van der Waals surface area contributed by atoms with Gasteiger partial charge < -0.3 is 9.84 Å². The summed E-state index contributed by atoms with van der Waals surface area (Å²) in [5.41, 5.74) is 1.07. The van der Waals surface area contributed by atoms with E-state index in [-0.39, 0.29) is 11.9 Å². The fourth-order valence-corrected chi connectivity index (χ4v) is 4.61. The van der Waals surface area contributed by atoms with E-state index in [0.29, 0.717) is 34.1 Å². The first kappa shape index (κ1) is 18.6. The van der Waals surface area contributed by atoms with Crippen LogP contribution in [0.15, 0.2) is 36.9 Å². The molecule has 3 aliphatic heterocycles. The van der Waals surface area contributed by atoms with Gasteiger partial charge in [0, 0.05) is 18.0 Å². The number of rotatable bonds is 6. The van der Waals surface area contributed by atoms with Crippen molar-refractivity contribution in [2.75, 3.05) is 20.2 Å². The van der Waals surface area contributed by atoms with Crippen LogP contribution in [0.3, 0.4) is 0 Å². The number of nitrogens with zero attached hydrogens (tertiary/aromatic N) is 3. The molecular weight excluding hydrogens is 362 g/mol. The summed E-state index contributed by atoms with van der Waals surface area (Å²) in [6.45, 7) is 5.75. The molecule has 3 aliphatic rings. The van der Waals surface area contributed by atoms with E-state index in [1.165, 1.54) is 6.07 Å². The monoisotopic (exact) mass is 385 g/mol. The molecule has 0 aliphatic carbocycles. The van der Waals surface area contributed by atoms with Crippen LogP contribution in [-0.4, -0.2) is 46.3 Å². The number of hydrogen-bond donors (Lipinski definition) is 1. The van der Waals surface area contributed by atoms with Crippen LogP contribution in [0.2, 0.25) is 0 Å². The number of piperidine rings is 3. The maximum absolute atomic E-state index is 11.3. The van der Waals surface area contributed by atoms with E-state index in [0.717, 1.165) is 25.9 Å². The molecule has 8 heteroatoms. The Balaban J connectivity index is 1.75. The maximum Gasteiger partial charge on any atom is 0.301 e. The van der Waals surface area contributed by atoms with Crippen LogP contribution in [-0.2, 0) is 0 Å². The molecule has 0 spiro atoms. The number of aliphatic hydroxyl groups is 1. The Morgan fingerprint density at radius 1 is 1.46 bits per heavy atom. The second-order valence-corrected chi connectivity index (χ2v) is 7.44. The minimum absolute atomic E-state index is 0.0600. The zero-order valence-corrected chi connectivity index (χ0v) is 15.7. The number of methoxy groups -OCH3 is 1. The zero-order chi connectivity index (χ0) is 19.8. The molecule has 1 unspecified atom stereocenters. The van der Waals surface area contributed by atoms with E-state index >= 15 is 0 Å². The highest BCUT2D eigenvalue weighted by Gasteiger charge is 2.42. The molecule has 1 aromatic carbocycles. The van der Waals surface area contributed by atoms with Gasteiger partial charge in [0.05, 0.1) is 18.7 Å². The highest BCUT2D eigenvalue weighted by Crippen LogP contribution is 2.42. The Morgan fingerprint density at radius 2 is 2.29 bits per heavy atom. The lowest BCUT2D eigenvalue weighted by atomic mass is 9.73. The van der Waals surface area contributed by atoms with Gasteiger partial charge in [-0.25, -0.2) is 4.98 Å². The van der Waals surface area contributed by atoms with Crippen molar-refractivity contribution < 1.29 is 19.8 Å². The second-order valence-electron chi connectivity index (χ2n) is 7.44. The van der Waals surface area contributed by atoms with Gasteiger partial charge in [-0.3, -0.25) is 9.74 Å². The first-order valence-corrected chi connectivity index (χ1v) is 9.36. The molecular formula is C20H23N3O5. The van der Waals surface area contributed by atoms with Crippen LogP contribution in [0, 0.1) is 22.0 Å². The number of fused-ring (bicyclic) bond motifs is 4. The standard InChI is InChI=1S/C20H23N3O5/c1-3-12-11-22-7-6-13(12)8-18(22)20(24)16-10-19(28-23(25)26)21-17-5-4-14(27-2)9-15(16)17/h3-5,9-10,12-13,18,20,24H,1,6-8,11H2,2H3/t12-,13-,18+,20-/m0/s1.